The van der Waals surface area contributed by atoms with Crippen molar-refractivity contribution in [2.75, 3.05) is 13.7 Å². The fourth-order valence-corrected chi connectivity index (χ4v) is 2.59. The van der Waals surface area contributed by atoms with Crippen molar-refractivity contribution >= 4 is 0 Å². The van der Waals surface area contributed by atoms with Gasteiger partial charge >= 0.3 is 0 Å². The molecule has 0 spiro atoms. The van der Waals surface area contributed by atoms with E-state index in [2.05, 4.69) is 17.9 Å². The molecule has 20 heavy (non-hydrogen) atoms. The quantitative estimate of drug-likeness (QED) is 0.789. The highest BCUT2D eigenvalue weighted by Crippen LogP contribution is 2.31. The maximum absolute atomic E-state index is 9.75. The molecule has 0 bridgehead atoms. The maximum Gasteiger partial charge on any atom is 0.123 e. The first kappa shape index (κ1) is 15.3. The minimum absolute atomic E-state index is 0.426. The maximum atomic E-state index is 9.75. The van der Waals surface area contributed by atoms with E-state index in [4.69, 9.17) is 4.74 Å². The van der Waals surface area contributed by atoms with E-state index < -0.39 is 6.10 Å². The fourth-order valence-electron chi connectivity index (χ4n) is 2.59. The van der Waals surface area contributed by atoms with Crippen molar-refractivity contribution < 1.29 is 9.84 Å². The number of ether oxygens (including phenoxy) is 1. The Morgan fingerprint density at radius 3 is 2.70 bits per heavy atom. The van der Waals surface area contributed by atoms with Crippen LogP contribution in [0.1, 0.15) is 56.8 Å². The molecule has 0 heterocycles. The summed E-state index contributed by atoms with van der Waals surface area (Å²) in [4.78, 5) is 2.56. The van der Waals surface area contributed by atoms with E-state index in [1.54, 1.807) is 14.0 Å². The van der Waals surface area contributed by atoms with Crippen molar-refractivity contribution in [1.29, 1.82) is 0 Å². The molecule has 2 rings (SSSR count). The van der Waals surface area contributed by atoms with Gasteiger partial charge in [0.1, 0.15) is 5.75 Å². The Morgan fingerprint density at radius 1 is 1.40 bits per heavy atom. The van der Waals surface area contributed by atoms with Gasteiger partial charge in [-0.15, -0.1) is 0 Å². The van der Waals surface area contributed by atoms with Gasteiger partial charge in [-0.05, 0) is 50.4 Å². The molecule has 1 fully saturated rings. The topological polar surface area (TPSA) is 32.7 Å². The van der Waals surface area contributed by atoms with E-state index in [1.165, 1.54) is 31.2 Å². The summed E-state index contributed by atoms with van der Waals surface area (Å²) in [5.74, 6) is 0.927. The lowest BCUT2D eigenvalue weighted by molar-refractivity contribution is 0.198. The lowest BCUT2D eigenvalue weighted by atomic mass is 10.1. The molecule has 1 aliphatic carbocycles. The molecule has 0 saturated heterocycles. The average molecular weight is 277 g/mol. The van der Waals surface area contributed by atoms with Gasteiger partial charge in [0.05, 0.1) is 13.2 Å². The highest BCUT2D eigenvalue weighted by Gasteiger charge is 2.29. The second-order valence-electron chi connectivity index (χ2n) is 5.80. The zero-order chi connectivity index (χ0) is 14.5. The zero-order valence-electron chi connectivity index (χ0n) is 12.9. The standard InChI is InChI=1S/C17H27NO2/c1-4-5-10-18(16-7-8-16)12-15-11-14(13(2)19)6-9-17(15)20-3/h6,9,11,13,16,19H,4-5,7-8,10,12H2,1-3H3. The van der Waals surface area contributed by atoms with Crippen LogP contribution in [0.4, 0.5) is 0 Å². The summed E-state index contributed by atoms with van der Waals surface area (Å²) < 4.78 is 5.48. The van der Waals surface area contributed by atoms with Crippen LogP contribution in [0.25, 0.3) is 0 Å². The molecule has 1 saturated carbocycles. The third-order valence-corrected chi connectivity index (χ3v) is 4.02. The Kier molecular flexibility index (Phi) is 5.44. The van der Waals surface area contributed by atoms with Crippen LogP contribution in [0.2, 0.25) is 0 Å². The fraction of sp³-hybridized carbons (Fsp3) is 0.647. The number of hydrogen-bond acceptors (Lipinski definition) is 3. The summed E-state index contributed by atoms with van der Waals surface area (Å²) in [6, 6.07) is 6.76. The monoisotopic (exact) mass is 277 g/mol. The molecular formula is C17H27NO2. The van der Waals surface area contributed by atoms with Crippen LogP contribution in [0.15, 0.2) is 18.2 Å². The third-order valence-electron chi connectivity index (χ3n) is 4.02. The second-order valence-corrected chi connectivity index (χ2v) is 5.80. The molecule has 3 nitrogen and oxygen atoms in total. The second kappa shape index (κ2) is 7.09. The van der Waals surface area contributed by atoms with Crippen LogP contribution in [0, 0.1) is 0 Å². The van der Waals surface area contributed by atoms with Crippen molar-refractivity contribution in [3.63, 3.8) is 0 Å². The van der Waals surface area contributed by atoms with Gasteiger partial charge in [-0.3, -0.25) is 4.90 Å². The van der Waals surface area contributed by atoms with Crippen molar-refractivity contribution in [1.82, 2.24) is 4.90 Å². The van der Waals surface area contributed by atoms with Crippen LogP contribution in [-0.4, -0.2) is 29.7 Å². The Labute approximate surface area is 122 Å². The van der Waals surface area contributed by atoms with Gasteiger partial charge in [-0.2, -0.15) is 0 Å². The van der Waals surface area contributed by atoms with Crippen LogP contribution in [0.3, 0.4) is 0 Å². The molecule has 1 N–H and O–H groups in total. The highest BCUT2D eigenvalue weighted by atomic mass is 16.5. The first-order valence-corrected chi connectivity index (χ1v) is 7.74. The largest absolute Gasteiger partial charge is 0.496 e. The number of rotatable bonds is 8. The molecule has 0 amide bonds. The molecular weight excluding hydrogens is 250 g/mol. The Hall–Kier alpha value is -1.06. The molecule has 1 aromatic rings. The number of unbranched alkanes of at least 4 members (excludes halogenated alkanes) is 1. The molecule has 1 unspecified atom stereocenters. The number of aliphatic hydroxyl groups excluding tert-OH is 1. The summed E-state index contributed by atoms with van der Waals surface area (Å²) in [5.41, 5.74) is 2.15. The zero-order valence-corrected chi connectivity index (χ0v) is 12.9. The molecule has 1 aliphatic rings. The first-order valence-electron chi connectivity index (χ1n) is 7.74. The molecule has 0 radical (unpaired) electrons. The number of benzene rings is 1. The number of aliphatic hydroxyl groups is 1. The van der Waals surface area contributed by atoms with E-state index in [9.17, 15) is 5.11 Å². The van der Waals surface area contributed by atoms with Gasteiger partial charge in [0, 0.05) is 18.2 Å². The minimum atomic E-state index is -0.426. The smallest absolute Gasteiger partial charge is 0.123 e. The normalized spacial score (nSPS) is 16.4. The van der Waals surface area contributed by atoms with Gasteiger partial charge in [-0.25, -0.2) is 0 Å². The van der Waals surface area contributed by atoms with Crippen molar-refractivity contribution in [3.8, 4) is 5.75 Å². The van der Waals surface area contributed by atoms with Gasteiger partial charge in [0.2, 0.25) is 0 Å². The Bertz CT molecular complexity index is 427. The Balaban J connectivity index is 2.13. The summed E-state index contributed by atoms with van der Waals surface area (Å²) in [5, 5.41) is 9.75. The van der Waals surface area contributed by atoms with E-state index in [0.29, 0.717) is 0 Å². The van der Waals surface area contributed by atoms with E-state index in [0.717, 1.165) is 30.4 Å². The van der Waals surface area contributed by atoms with Crippen molar-refractivity contribution in [2.24, 2.45) is 0 Å². The molecule has 0 aromatic heterocycles. The highest BCUT2D eigenvalue weighted by molar-refractivity contribution is 5.38. The van der Waals surface area contributed by atoms with E-state index in [-0.39, 0.29) is 0 Å². The molecule has 3 heteroatoms. The predicted molar refractivity (Wildman–Crippen MR) is 82.0 cm³/mol. The molecule has 1 aromatic carbocycles. The van der Waals surface area contributed by atoms with Gasteiger partial charge in [0.25, 0.3) is 0 Å². The molecule has 1 atom stereocenters. The van der Waals surface area contributed by atoms with Crippen molar-refractivity contribution in [2.45, 2.75) is 58.2 Å². The van der Waals surface area contributed by atoms with E-state index in [1.807, 2.05) is 12.1 Å². The van der Waals surface area contributed by atoms with E-state index >= 15 is 0 Å². The van der Waals surface area contributed by atoms with Crippen molar-refractivity contribution in [3.05, 3.63) is 29.3 Å². The van der Waals surface area contributed by atoms with Gasteiger partial charge in [0.15, 0.2) is 0 Å². The molecule has 112 valence electrons. The lowest BCUT2D eigenvalue weighted by Gasteiger charge is -2.23. The first-order chi connectivity index (χ1) is 9.65. The van der Waals surface area contributed by atoms with Crippen LogP contribution in [-0.2, 0) is 6.54 Å². The SMILES string of the molecule is CCCCN(Cc1cc(C(C)O)ccc1OC)C1CC1. The third kappa shape index (κ3) is 3.97. The minimum Gasteiger partial charge on any atom is -0.496 e. The Morgan fingerprint density at radius 2 is 2.15 bits per heavy atom. The van der Waals surface area contributed by atoms with Gasteiger partial charge in [-0.1, -0.05) is 19.4 Å². The number of methoxy groups -OCH3 is 1. The molecule has 0 aliphatic heterocycles. The summed E-state index contributed by atoms with van der Waals surface area (Å²) in [6.45, 7) is 6.12. The summed E-state index contributed by atoms with van der Waals surface area (Å²) in [6.07, 6.45) is 4.69. The summed E-state index contributed by atoms with van der Waals surface area (Å²) in [7, 11) is 1.72. The lowest BCUT2D eigenvalue weighted by Crippen LogP contribution is -2.27. The van der Waals surface area contributed by atoms with Gasteiger partial charge < -0.3 is 9.84 Å². The van der Waals surface area contributed by atoms with Crippen LogP contribution in [0.5, 0.6) is 5.75 Å². The van der Waals surface area contributed by atoms with Crippen LogP contribution < -0.4 is 4.74 Å². The average Bonchev–Trinajstić information content (AvgIpc) is 3.27. The van der Waals surface area contributed by atoms with Crippen LogP contribution >= 0.6 is 0 Å². The predicted octanol–water partition coefficient (Wildman–Crippen LogP) is 3.51. The number of hydrogen-bond donors (Lipinski definition) is 1. The summed E-state index contributed by atoms with van der Waals surface area (Å²) >= 11 is 0. The number of nitrogens with zero attached hydrogens (tertiary/aromatic N) is 1.